The molecule has 1 unspecified atom stereocenters. The van der Waals surface area contributed by atoms with Gasteiger partial charge in [0.1, 0.15) is 0 Å². The number of halogens is 1. The van der Waals surface area contributed by atoms with Crippen molar-refractivity contribution in [3.8, 4) is 0 Å². The molecule has 0 saturated carbocycles. The Morgan fingerprint density at radius 2 is 1.87 bits per heavy atom. The molecule has 92 valence electrons. The van der Waals surface area contributed by atoms with E-state index >= 15 is 0 Å². The van der Waals surface area contributed by atoms with Crippen LogP contribution in [0.2, 0.25) is 0 Å². The summed E-state index contributed by atoms with van der Waals surface area (Å²) in [5, 5.41) is 0. The van der Waals surface area contributed by atoms with Crippen LogP contribution in [0.3, 0.4) is 0 Å². The molecule has 0 aromatic carbocycles. The molecule has 0 radical (unpaired) electrons. The quantitative estimate of drug-likeness (QED) is 0.737. The Morgan fingerprint density at radius 1 is 1.27 bits per heavy atom. The van der Waals surface area contributed by atoms with Crippen molar-refractivity contribution in [1.29, 1.82) is 0 Å². The van der Waals surface area contributed by atoms with Crippen LogP contribution >= 0.6 is 12.4 Å². The molecule has 4 heteroatoms. The van der Waals surface area contributed by atoms with E-state index in [2.05, 4.69) is 13.8 Å². The van der Waals surface area contributed by atoms with Gasteiger partial charge in [-0.15, -0.1) is 12.4 Å². The third-order valence-corrected chi connectivity index (χ3v) is 2.39. The van der Waals surface area contributed by atoms with Gasteiger partial charge in [-0.3, -0.25) is 4.79 Å². The molecular weight excluding hydrogens is 212 g/mol. The predicted molar refractivity (Wildman–Crippen MR) is 67.3 cm³/mol. The Bertz CT molecular complexity index is 165. The molecule has 0 aliphatic heterocycles. The minimum absolute atomic E-state index is 0. The average molecular weight is 237 g/mol. The van der Waals surface area contributed by atoms with Crippen LogP contribution in [0.15, 0.2) is 0 Å². The normalized spacial score (nSPS) is 11.7. The molecule has 2 N–H and O–H groups in total. The molecule has 0 fully saturated rings. The topological polar surface area (TPSA) is 46.3 Å². The summed E-state index contributed by atoms with van der Waals surface area (Å²) in [6.45, 7) is 7.81. The van der Waals surface area contributed by atoms with Crippen LogP contribution in [0, 0.1) is 0 Å². The lowest BCUT2D eigenvalue weighted by Crippen LogP contribution is -2.44. The van der Waals surface area contributed by atoms with Gasteiger partial charge in [0.2, 0.25) is 5.91 Å². The maximum atomic E-state index is 11.8. The Labute approximate surface area is 99.8 Å². The Hall–Kier alpha value is -0.280. The van der Waals surface area contributed by atoms with Gasteiger partial charge in [0, 0.05) is 13.1 Å². The number of rotatable bonds is 7. The van der Waals surface area contributed by atoms with Crippen molar-refractivity contribution in [2.24, 2.45) is 5.73 Å². The van der Waals surface area contributed by atoms with Crippen LogP contribution in [-0.2, 0) is 4.79 Å². The van der Waals surface area contributed by atoms with Crippen molar-refractivity contribution in [3.63, 3.8) is 0 Å². The van der Waals surface area contributed by atoms with Gasteiger partial charge in [0.15, 0.2) is 0 Å². The summed E-state index contributed by atoms with van der Waals surface area (Å²) in [6.07, 6.45) is 3.95. The van der Waals surface area contributed by atoms with Crippen LogP contribution in [0.5, 0.6) is 0 Å². The molecule has 0 aromatic rings. The minimum Gasteiger partial charge on any atom is -0.342 e. The first kappa shape index (κ1) is 17.1. The van der Waals surface area contributed by atoms with Crippen LogP contribution in [0.1, 0.15) is 46.5 Å². The van der Waals surface area contributed by atoms with Gasteiger partial charge >= 0.3 is 0 Å². The van der Waals surface area contributed by atoms with Crippen molar-refractivity contribution in [2.45, 2.75) is 52.5 Å². The van der Waals surface area contributed by atoms with Crippen molar-refractivity contribution < 1.29 is 4.79 Å². The maximum Gasteiger partial charge on any atom is 0.239 e. The lowest BCUT2D eigenvalue weighted by atomic mass is 10.1. The van der Waals surface area contributed by atoms with Gasteiger partial charge < -0.3 is 10.6 Å². The predicted octanol–water partition coefficient (Wildman–Crippen LogP) is 2.18. The van der Waals surface area contributed by atoms with Gasteiger partial charge in [-0.05, 0) is 19.8 Å². The van der Waals surface area contributed by atoms with Crippen molar-refractivity contribution in [2.75, 3.05) is 13.1 Å². The average Bonchev–Trinajstić information content (AvgIpc) is 2.19. The number of unbranched alkanes of at least 4 members (excludes halogenated alkanes) is 1. The lowest BCUT2D eigenvalue weighted by Gasteiger charge is -2.23. The summed E-state index contributed by atoms with van der Waals surface area (Å²) in [5.74, 6) is 0.114. The Morgan fingerprint density at radius 3 is 2.27 bits per heavy atom. The van der Waals surface area contributed by atoms with Crippen molar-refractivity contribution in [3.05, 3.63) is 0 Å². The van der Waals surface area contributed by atoms with Crippen LogP contribution < -0.4 is 5.73 Å². The zero-order valence-electron chi connectivity index (χ0n) is 10.2. The van der Waals surface area contributed by atoms with Crippen molar-refractivity contribution >= 4 is 18.3 Å². The highest BCUT2D eigenvalue weighted by atomic mass is 35.5. The first-order valence-electron chi connectivity index (χ1n) is 5.71. The summed E-state index contributed by atoms with van der Waals surface area (Å²) < 4.78 is 0. The summed E-state index contributed by atoms with van der Waals surface area (Å²) in [6, 6.07) is -0.295. The molecule has 3 nitrogen and oxygen atoms in total. The molecule has 0 aromatic heterocycles. The van der Waals surface area contributed by atoms with E-state index in [9.17, 15) is 4.79 Å². The summed E-state index contributed by atoms with van der Waals surface area (Å²) in [7, 11) is 0. The van der Waals surface area contributed by atoms with Crippen LogP contribution in [-0.4, -0.2) is 29.9 Å². The van der Waals surface area contributed by atoms with Gasteiger partial charge in [0.25, 0.3) is 0 Å². The molecular formula is C11H25ClN2O. The number of likely N-dealkylation sites (N-methyl/N-ethyl adjacent to an activating group) is 1. The van der Waals surface area contributed by atoms with E-state index in [-0.39, 0.29) is 24.4 Å². The molecule has 0 aliphatic rings. The number of hydrogen-bond donors (Lipinski definition) is 1. The fourth-order valence-corrected chi connectivity index (χ4v) is 1.44. The highest BCUT2D eigenvalue weighted by Gasteiger charge is 2.17. The number of hydrogen-bond acceptors (Lipinski definition) is 2. The van der Waals surface area contributed by atoms with Crippen LogP contribution in [0.25, 0.3) is 0 Å². The molecule has 1 atom stereocenters. The molecule has 0 heterocycles. The summed E-state index contributed by atoms with van der Waals surface area (Å²) in [5.41, 5.74) is 5.78. The second kappa shape index (κ2) is 10.2. The Balaban J connectivity index is 0. The van der Waals surface area contributed by atoms with Gasteiger partial charge in [-0.2, -0.15) is 0 Å². The first-order chi connectivity index (χ1) is 6.67. The second-order valence-corrected chi connectivity index (χ2v) is 3.67. The Kier molecular flexibility index (Phi) is 11.7. The van der Waals surface area contributed by atoms with E-state index in [4.69, 9.17) is 5.73 Å². The zero-order valence-corrected chi connectivity index (χ0v) is 11.0. The fraction of sp³-hybridized carbons (Fsp3) is 0.909. The molecule has 0 rings (SSSR count). The lowest BCUT2D eigenvalue weighted by molar-refractivity contribution is -0.132. The monoisotopic (exact) mass is 236 g/mol. The van der Waals surface area contributed by atoms with E-state index in [1.807, 2.05) is 11.8 Å². The molecule has 0 aliphatic carbocycles. The largest absolute Gasteiger partial charge is 0.342 e. The van der Waals surface area contributed by atoms with Gasteiger partial charge in [-0.25, -0.2) is 0 Å². The van der Waals surface area contributed by atoms with E-state index in [1.54, 1.807) is 0 Å². The third-order valence-electron chi connectivity index (χ3n) is 2.39. The molecule has 1 amide bonds. The zero-order chi connectivity index (χ0) is 11.0. The summed E-state index contributed by atoms with van der Waals surface area (Å²) in [4.78, 5) is 13.6. The molecule has 15 heavy (non-hydrogen) atoms. The van der Waals surface area contributed by atoms with E-state index in [1.165, 1.54) is 0 Å². The number of nitrogens with two attached hydrogens (primary N) is 1. The molecule has 0 bridgehead atoms. The van der Waals surface area contributed by atoms with Crippen LogP contribution in [0.4, 0.5) is 0 Å². The number of amides is 1. The fourth-order valence-electron chi connectivity index (χ4n) is 1.44. The SMILES string of the molecule is CCCCN(CC)C(=O)C(N)CCC.Cl. The standard InChI is InChI=1S/C11H24N2O.ClH/c1-4-7-9-13(6-3)11(14)10(12)8-5-2;/h10H,4-9,12H2,1-3H3;1H. The second-order valence-electron chi connectivity index (χ2n) is 3.67. The van der Waals surface area contributed by atoms with Gasteiger partial charge in [-0.1, -0.05) is 26.7 Å². The highest BCUT2D eigenvalue weighted by molar-refractivity contribution is 5.85. The smallest absolute Gasteiger partial charge is 0.239 e. The highest BCUT2D eigenvalue weighted by Crippen LogP contribution is 2.02. The maximum absolute atomic E-state index is 11.8. The van der Waals surface area contributed by atoms with E-state index in [0.29, 0.717) is 0 Å². The molecule has 0 saturated heterocycles. The van der Waals surface area contributed by atoms with E-state index in [0.717, 1.165) is 38.8 Å². The first-order valence-corrected chi connectivity index (χ1v) is 5.71. The number of carbonyl (C=O) groups is 1. The number of carbonyl (C=O) groups excluding carboxylic acids is 1. The number of nitrogens with zero attached hydrogens (tertiary/aromatic N) is 1. The van der Waals surface area contributed by atoms with E-state index < -0.39 is 0 Å². The molecule has 0 spiro atoms. The van der Waals surface area contributed by atoms with Crippen molar-refractivity contribution in [1.82, 2.24) is 4.90 Å². The summed E-state index contributed by atoms with van der Waals surface area (Å²) >= 11 is 0. The van der Waals surface area contributed by atoms with Gasteiger partial charge in [0.05, 0.1) is 6.04 Å². The minimum atomic E-state index is -0.295. The third kappa shape index (κ3) is 6.74.